The summed E-state index contributed by atoms with van der Waals surface area (Å²) in [5, 5.41) is 26.4. The number of rotatable bonds is 5. The molecular formula is C22H23N5O3S. The van der Waals surface area contributed by atoms with Crippen LogP contribution >= 0.6 is 11.3 Å². The molecule has 3 heterocycles. The third kappa shape index (κ3) is 3.69. The van der Waals surface area contributed by atoms with Gasteiger partial charge in [0.2, 0.25) is 5.95 Å². The molecule has 5 rings (SSSR count). The van der Waals surface area contributed by atoms with Gasteiger partial charge in [0.15, 0.2) is 5.60 Å². The monoisotopic (exact) mass is 437 g/mol. The number of hydrogen-bond acceptors (Lipinski definition) is 8. The molecule has 3 N–H and O–H groups in total. The summed E-state index contributed by atoms with van der Waals surface area (Å²) >= 11 is 1.48. The summed E-state index contributed by atoms with van der Waals surface area (Å²) in [6.07, 6.45) is 3.24. The van der Waals surface area contributed by atoms with Crippen LogP contribution in [-0.2, 0) is 10.4 Å². The van der Waals surface area contributed by atoms with Gasteiger partial charge in [-0.25, -0.2) is 15.0 Å². The molecule has 1 atom stereocenters. The minimum atomic E-state index is -1.48. The van der Waals surface area contributed by atoms with E-state index in [1.165, 1.54) is 11.3 Å². The van der Waals surface area contributed by atoms with E-state index in [9.17, 15) is 15.0 Å². The minimum Gasteiger partial charge on any atom is -0.393 e. The van der Waals surface area contributed by atoms with E-state index in [-0.39, 0.29) is 18.1 Å². The first-order valence-electron chi connectivity index (χ1n) is 10.2. The summed E-state index contributed by atoms with van der Waals surface area (Å²) in [5.74, 6) is 0.251. The molecule has 160 valence electrons. The highest BCUT2D eigenvalue weighted by Crippen LogP contribution is 2.36. The Hall–Kier alpha value is -2.88. The molecule has 1 saturated carbocycles. The summed E-state index contributed by atoms with van der Waals surface area (Å²) < 4.78 is 0. The van der Waals surface area contributed by atoms with Crippen molar-refractivity contribution in [2.75, 3.05) is 18.9 Å². The molecule has 9 heteroatoms. The normalized spacial score (nSPS) is 25.5. The quantitative estimate of drug-likeness (QED) is 0.561. The Morgan fingerprint density at radius 1 is 1.23 bits per heavy atom. The Morgan fingerprint density at radius 3 is 2.81 bits per heavy atom. The van der Waals surface area contributed by atoms with E-state index in [2.05, 4.69) is 15.3 Å². The van der Waals surface area contributed by atoms with Crippen LogP contribution in [0.2, 0.25) is 0 Å². The highest BCUT2D eigenvalue weighted by atomic mass is 32.1. The predicted octanol–water partition coefficient (Wildman–Crippen LogP) is 2.25. The Balaban J connectivity index is 1.38. The SMILES string of the molecule is CN1CCC(O)(c2cccc(-c3nc(-c4ccnc(NC5CC(O)C5)n4)cs3)c2)C1=O. The number of thiazole rings is 1. The van der Waals surface area contributed by atoms with E-state index in [0.29, 0.717) is 43.0 Å². The number of nitrogens with one attached hydrogen (secondary N) is 1. The number of amides is 1. The van der Waals surface area contributed by atoms with Crippen molar-refractivity contribution >= 4 is 23.2 Å². The van der Waals surface area contributed by atoms with Gasteiger partial charge in [-0.2, -0.15) is 0 Å². The molecule has 1 aromatic carbocycles. The van der Waals surface area contributed by atoms with E-state index in [0.717, 1.165) is 16.3 Å². The lowest BCUT2D eigenvalue weighted by Gasteiger charge is -2.31. The summed E-state index contributed by atoms with van der Waals surface area (Å²) in [7, 11) is 1.70. The van der Waals surface area contributed by atoms with Gasteiger partial charge in [-0.05, 0) is 30.5 Å². The Bertz CT molecular complexity index is 1130. The second kappa shape index (κ2) is 7.67. The van der Waals surface area contributed by atoms with Crippen LogP contribution in [0.15, 0.2) is 41.9 Å². The average Bonchev–Trinajstić information content (AvgIpc) is 3.35. The van der Waals surface area contributed by atoms with Crippen molar-refractivity contribution in [1.29, 1.82) is 0 Å². The van der Waals surface area contributed by atoms with Crippen LogP contribution in [0.3, 0.4) is 0 Å². The first-order valence-corrected chi connectivity index (χ1v) is 11.1. The highest BCUT2D eigenvalue weighted by molar-refractivity contribution is 7.13. The first-order chi connectivity index (χ1) is 14.9. The molecule has 0 radical (unpaired) electrons. The largest absolute Gasteiger partial charge is 0.393 e. The van der Waals surface area contributed by atoms with E-state index in [4.69, 9.17) is 4.98 Å². The van der Waals surface area contributed by atoms with E-state index in [1.54, 1.807) is 24.2 Å². The van der Waals surface area contributed by atoms with Gasteiger partial charge in [-0.15, -0.1) is 11.3 Å². The zero-order valence-corrected chi connectivity index (χ0v) is 17.8. The number of likely N-dealkylation sites (N-methyl/N-ethyl adjacent to an activating group) is 1. The summed E-state index contributed by atoms with van der Waals surface area (Å²) in [6, 6.07) is 9.40. The van der Waals surface area contributed by atoms with Crippen LogP contribution in [0, 0.1) is 0 Å². The van der Waals surface area contributed by atoms with Gasteiger partial charge in [-0.3, -0.25) is 4.79 Å². The number of carbonyl (C=O) groups excluding carboxylic acids is 1. The van der Waals surface area contributed by atoms with Crippen LogP contribution < -0.4 is 5.32 Å². The zero-order valence-electron chi connectivity index (χ0n) is 17.0. The van der Waals surface area contributed by atoms with Crippen molar-refractivity contribution in [2.45, 2.75) is 37.0 Å². The topological polar surface area (TPSA) is 111 Å². The Labute approximate surface area is 183 Å². The molecular weight excluding hydrogens is 414 g/mol. The molecule has 2 aliphatic rings. The highest BCUT2D eigenvalue weighted by Gasteiger charge is 2.45. The van der Waals surface area contributed by atoms with Gasteiger partial charge < -0.3 is 20.4 Å². The maximum Gasteiger partial charge on any atom is 0.258 e. The number of benzene rings is 1. The molecule has 2 fully saturated rings. The molecule has 1 saturated heterocycles. The molecule has 1 unspecified atom stereocenters. The molecule has 1 amide bonds. The maximum atomic E-state index is 12.4. The van der Waals surface area contributed by atoms with E-state index < -0.39 is 5.60 Å². The van der Waals surface area contributed by atoms with Gasteiger partial charge in [0.25, 0.3) is 5.91 Å². The van der Waals surface area contributed by atoms with Crippen molar-refractivity contribution in [3.8, 4) is 22.0 Å². The summed E-state index contributed by atoms with van der Waals surface area (Å²) in [5.41, 5.74) is 1.41. The molecule has 8 nitrogen and oxygen atoms in total. The molecule has 0 bridgehead atoms. The molecule has 3 aromatic rings. The van der Waals surface area contributed by atoms with Crippen LogP contribution in [0.25, 0.3) is 22.0 Å². The number of hydrogen-bond donors (Lipinski definition) is 3. The number of likely N-dealkylation sites (tertiary alicyclic amines) is 1. The van der Waals surface area contributed by atoms with Crippen molar-refractivity contribution in [3.05, 3.63) is 47.5 Å². The van der Waals surface area contributed by atoms with Crippen LogP contribution in [0.1, 0.15) is 24.8 Å². The third-order valence-corrected chi connectivity index (χ3v) is 6.86. The van der Waals surface area contributed by atoms with Crippen molar-refractivity contribution in [3.63, 3.8) is 0 Å². The van der Waals surface area contributed by atoms with Crippen molar-refractivity contribution in [1.82, 2.24) is 19.9 Å². The zero-order chi connectivity index (χ0) is 21.6. The first kappa shape index (κ1) is 20.0. The fourth-order valence-electron chi connectivity index (χ4n) is 4.01. The molecule has 0 spiro atoms. The molecule has 31 heavy (non-hydrogen) atoms. The van der Waals surface area contributed by atoms with Gasteiger partial charge in [0.1, 0.15) is 10.7 Å². The molecule has 1 aliphatic heterocycles. The standard InChI is InChI=1S/C22H23N5O3S/c1-27-8-6-22(30,20(27)29)14-4-2-3-13(9-14)19-25-18(12-31-19)17-5-7-23-21(26-17)24-15-10-16(28)11-15/h2-5,7,9,12,15-16,28,30H,6,8,10-11H2,1H3,(H,23,24,26). The van der Waals surface area contributed by atoms with E-state index >= 15 is 0 Å². The van der Waals surface area contributed by atoms with Gasteiger partial charge >= 0.3 is 0 Å². The van der Waals surface area contributed by atoms with Crippen molar-refractivity contribution < 1.29 is 15.0 Å². The van der Waals surface area contributed by atoms with E-state index in [1.807, 2.05) is 29.6 Å². The second-order valence-electron chi connectivity index (χ2n) is 8.19. The summed E-state index contributed by atoms with van der Waals surface area (Å²) in [6.45, 7) is 0.533. The Kier molecular flexibility index (Phi) is 4.96. The number of aliphatic hydroxyl groups excluding tert-OH is 1. The number of nitrogens with zero attached hydrogens (tertiary/aromatic N) is 4. The maximum absolute atomic E-state index is 12.4. The fourth-order valence-corrected chi connectivity index (χ4v) is 4.82. The second-order valence-corrected chi connectivity index (χ2v) is 9.05. The number of anilines is 1. The molecule has 2 aromatic heterocycles. The number of aliphatic hydroxyl groups is 2. The minimum absolute atomic E-state index is 0.196. The smallest absolute Gasteiger partial charge is 0.258 e. The van der Waals surface area contributed by atoms with Gasteiger partial charge in [-0.1, -0.05) is 18.2 Å². The van der Waals surface area contributed by atoms with Crippen molar-refractivity contribution in [2.24, 2.45) is 0 Å². The third-order valence-electron chi connectivity index (χ3n) is 5.97. The average molecular weight is 438 g/mol. The Morgan fingerprint density at radius 2 is 2.06 bits per heavy atom. The van der Waals surface area contributed by atoms with Gasteiger partial charge in [0, 0.05) is 43.2 Å². The van der Waals surface area contributed by atoms with Crippen LogP contribution in [-0.4, -0.2) is 61.7 Å². The summed E-state index contributed by atoms with van der Waals surface area (Å²) in [4.78, 5) is 27.5. The molecule has 1 aliphatic carbocycles. The van der Waals surface area contributed by atoms with Crippen LogP contribution in [0.5, 0.6) is 0 Å². The lowest BCUT2D eigenvalue weighted by molar-refractivity contribution is -0.143. The number of aromatic nitrogens is 3. The fraction of sp³-hybridized carbons (Fsp3) is 0.364. The predicted molar refractivity (Wildman–Crippen MR) is 117 cm³/mol. The lowest BCUT2D eigenvalue weighted by Crippen LogP contribution is -2.39. The van der Waals surface area contributed by atoms with Gasteiger partial charge in [0.05, 0.1) is 11.8 Å². The number of carbonyl (C=O) groups is 1. The van der Waals surface area contributed by atoms with Crippen LogP contribution in [0.4, 0.5) is 5.95 Å². The lowest BCUT2D eigenvalue weighted by atomic mass is 9.90.